The van der Waals surface area contributed by atoms with E-state index in [0.717, 1.165) is 12.8 Å². The number of pyridine rings is 1. The van der Waals surface area contributed by atoms with E-state index in [-0.39, 0.29) is 74.9 Å². The zero-order valence-corrected chi connectivity index (χ0v) is 26.6. The van der Waals surface area contributed by atoms with Crippen LogP contribution in [0.3, 0.4) is 0 Å². The fraction of sp³-hybridized carbons (Fsp3) is 0.286. The molecule has 3 aliphatic rings. The Morgan fingerprint density at radius 1 is 1.06 bits per heavy atom. The highest BCUT2D eigenvalue weighted by molar-refractivity contribution is 6.14. The van der Waals surface area contributed by atoms with Crippen molar-refractivity contribution in [3.63, 3.8) is 0 Å². The van der Waals surface area contributed by atoms with Gasteiger partial charge in [-0.25, -0.2) is 14.5 Å². The molecule has 8 rings (SSSR count). The van der Waals surface area contributed by atoms with Crippen molar-refractivity contribution in [1.82, 2.24) is 24.3 Å². The molecule has 1 saturated heterocycles. The smallest absolute Gasteiger partial charge is 0.330 e. The third kappa shape index (κ3) is 4.03. The number of aromatic amines is 1. The van der Waals surface area contributed by atoms with Crippen molar-refractivity contribution < 1.29 is 29.2 Å². The van der Waals surface area contributed by atoms with Crippen LogP contribution in [0.4, 0.5) is 0 Å². The van der Waals surface area contributed by atoms with Gasteiger partial charge in [0, 0.05) is 18.2 Å². The number of fused-ring (bicyclic) bond motifs is 5. The summed E-state index contributed by atoms with van der Waals surface area (Å²) in [5, 5.41) is 27.9. The van der Waals surface area contributed by atoms with Gasteiger partial charge < -0.3 is 24.4 Å². The van der Waals surface area contributed by atoms with Crippen LogP contribution in [-0.4, -0.2) is 60.1 Å². The van der Waals surface area contributed by atoms with Crippen LogP contribution in [0.25, 0.3) is 34.1 Å². The summed E-state index contributed by atoms with van der Waals surface area (Å²) < 4.78 is 20.5. The van der Waals surface area contributed by atoms with Crippen LogP contribution in [0.15, 0.2) is 51.7 Å². The molecule has 13 nitrogen and oxygen atoms in total. The Morgan fingerprint density at radius 2 is 1.83 bits per heavy atom. The predicted octanol–water partition coefficient (Wildman–Crippen LogP) is 4.04. The van der Waals surface area contributed by atoms with Gasteiger partial charge in [0.2, 0.25) is 0 Å². The highest BCUT2D eigenvalue weighted by atomic mass is 16.5. The molecule has 48 heavy (non-hydrogen) atoms. The number of carbonyl (C=O) groups is 1. The van der Waals surface area contributed by atoms with Crippen LogP contribution < -0.4 is 20.7 Å². The number of methoxy groups -OCH3 is 1. The normalized spacial score (nSPS) is 19.5. The molecule has 2 atom stereocenters. The second-order valence-electron chi connectivity index (χ2n) is 12.5. The van der Waals surface area contributed by atoms with Crippen LogP contribution in [0.2, 0.25) is 0 Å². The van der Waals surface area contributed by atoms with E-state index in [2.05, 4.69) is 10.1 Å². The van der Waals surface area contributed by atoms with Crippen molar-refractivity contribution in [2.45, 2.75) is 51.7 Å². The van der Waals surface area contributed by atoms with Gasteiger partial charge in [-0.05, 0) is 70.0 Å². The maximum absolute atomic E-state index is 14.5. The standard InChI is InChI=1S/C35H31N5O8/c1-16-28(41)26(22-12-11-21-32(36-22)39(34(45)37-33(21)44)15-20-6-5-13-47-20)30-27(29(16)42)35(3)24(48-30)14-23-25(31(35)43)17(2)38-40(23)18-7-9-19(46-4)10-8-18/h7-12,14,20,41-42H,5-6,13,15H2,1-4H3,(H,37,44,45). The molecule has 3 aromatic heterocycles. The molecular weight excluding hydrogens is 618 g/mol. The van der Waals surface area contributed by atoms with E-state index in [4.69, 9.17) is 19.2 Å². The first kappa shape index (κ1) is 29.7. The SMILES string of the molecule is COc1ccc(-n2nc(C)c3c2C=C2Oc4c(-c5ccc6c(=O)[nH]c(=O)n(CC7CCCO7)c6n5)c(O)c(C)c(O)c4C2(C)C3=O)cc1. The van der Waals surface area contributed by atoms with Crippen LogP contribution in [0, 0.1) is 13.8 Å². The summed E-state index contributed by atoms with van der Waals surface area (Å²) in [4.78, 5) is 47.4. The summed E-state index contributed by atoms with van der Waals surface area (Å²) in [6.45, 7) is 5.72. The number of nitrogens with zero attached hydrogens (tertiary/aromatic N) is 4. The lowest BCUT2D eigenvalue weighted by molar-refractivity contribution is 0.0905. The van der Waals surface area contributed by atoms with E-state index in [9.17, 15) is 24.6 Å². The van der Waals surface area contributed by atoms with Crippen molar-refractivity contribution in [3.05, 3.63) is 91.1 Å². The molecule has 0 spiro atoms. The summed E-state index contributed by atoms with van der Waals surface area (Å²) >= 11 is 0. The van der Waals surface area contributed by atoms with E-state index in [0.29, 0.717) is 35.0 Å². The number of allylic oxidation sites excluding steroid dienone is 1. The number of phenols is 2. The highest BCUT2D eigenvalue weighted by Crippen LogP contribution is 2.60. The van der Waals surface area contributed by atoms with Gasteiger partial charge in [0.05, 0.1) is 64.6 Å². The maximum Gasteiger partial charge on any atom is 0.330 e. The lowest BCUT2D eigenvalue weighted by atomic mass is 9.71. The fourth-order valence-corrected chi connectivity index (χ4v) is 7.08. The molecule has 0 amide bonds. The molecule has 0 radical (unpaired) electrons. The summed E-state index contributed by atoms with van der Waals surface area (Å²) in [6.07, 6.45) is 3.12. The lowest BCUT2D eigenvalue weighted by Gasteiger charge is -2.27. The quantitative estimate of drug-likeness (QED) is 0.252. The third-order valence-corrected chi connectivity index (χ3v) is 9.71. The number of ketones is 1. The second-order valence-corrected chi connectivity index (χ2v) is 12.5. The van der Waals surface area contributed by atoms with Gasteiger partial charge in [-0.2, -0.15) is 5.10 Å². The van der Waals surface area contributed by atoms with Gasteiger partial charge in [-0.15, -0.1) is 0 Å². The summed E-state index contributed by atoms with van der Waals surface area (Å²) in [6, 6.07) is 10.3. The van der Waals surface area contributed by atoms with E-state index in [1.165, 1.54) is 23.6 Å². The van der Waals surface area contributed by atoms with Crippen LogP contribution in [0.1, 0.15) is 52.6 Å². The number of benzene rings is 2. The first-order chi connectivity index (χ1) is 23.0. The largest absolute Gasteiger partial charge is 0.507 e. The number of rotatable bonds is 5. The molecule has 0 saturated carbocycles. The molecule has 3 N–H and O–H groups in total. The van der Waals surface area contributed by atoms with E-state index >= 15 is 0 Å². The van der Waals surface area contributed by atoms with Crippen molar-refractivity contribution >= 4 is 22.9 Å². The van der Waals surface area contributed by atoms with Crippen LogP contribution in [0.5, 0.6) is 23.0 Å². The number of aromatic hydroxyl groups is 2. The van der Waals surface area contributed by atoms with Crippen LogP contribution in [-0.2, 0) is 16.7 Å². The first-order valence-corrected chi connectivity index (χ1v) is 15.6. The minimum Gasteiger partial charge on any atom is -0.507 e. The molecule has 13 heteroatoms. The van der Waals surface area contributed by atoms with Crippen molar-refractivity contribution in [2.24, 2.45) is 0 Å². The van der Waals surface area contributed by atoms with E-state index in [1.807, 2.05) is 12.1 Å². The zero-order valence-electron chi connectivity index (χ0n) is 26.6. The lowest BCUT2D eigenvalue weighted by Crippen LogP contribution is -2.36. The van der Waals surface area contributed by atoms with Gasteiger partial charge in [-0.1, -0.05) is 0 Å². The predicted molar refractivity (Wildman–Crippen MR) is 174 cm³/mol. The molecule has 2 unspecified atom stereocenters. The highest BCUT2D eigenvalue weighted by Gasteiger charge is 2.55. The maximum atomic E-state index is 14.5. The average Bonchev–Trinajstić information content (AvgIpc) is 3.79. The minimum atomic E-state index is -1.46. The molecule has 244 valence electrons. The van der Waals surface area contributed by atoms with Crippen molar-refractivity contribution in [3.8, 4) is 39.9 Å². The Hall–Kier alpha value is -5.69. The Labute approximate surface area is 272 Å². The molecular formula is C35H31N5O8. The second kappa shape index (κ2) is 10.4. The Kier molecular flexibility index (Phi) is 6.44. The molecule has 2 aromatic carbocycles. The Balaban J connectivity index is 1.32. The number of nitrogens with one attached hydrogen (secondary N) is 1. The number of hydrogen-bond donors (Lipinski definition) is 3. The number of aryl methyl sites for hydroxylation is 1. The van der Waals surface area contributed by atoms with Gasteiger partial charge in [-0.3, -0.25) is 19.1 Å². The Morgan fingerprint density at radius 3 is 2.54 bits per heavy atom. The number of carbonyl (C=O) groups excluding carboxylic acids is 1. The monoisotopic (exact) mass is 649 g/mol. The van der Waals surface area contributed by atoms with Gasteiger partial charge >= 0.3 is 5.69 Å². The zero-order chi connectivity index (χ0) is 33.6. The van der Waals surface area contributed by atoms with Crippen LogP contribution >= 0.6 is 0 Å². The summed E-state index contributed by atoms with van der Waals surface area (Å²) in [5.74, 6) is 0.0155. The topological polar surface area (TPSA) is 171 Å². The molecule has 1 fully saturated rings. The number of aromatic nitrogens is 5. The minimum absolute atomic E-state index is 0.0502. The number of Topliss-reactive ketones (excluding diaryl/α,β-unsaturated/α-hetero) is 1. The Bertz CT molecular complexity index is 2360. The fourth-order valence-electron chi connectivity index (χ4n) is 7.08. The number of hydrogen-bond acceptors (Lipinski definition) is 10. The van der Waals surface area contributed by atoms with E-state index < -0.39 is 16.7 Å². The summed E-state index contributed by atoms with van der Waals surface area (Å²) in [5.41, 5.74) is 0.0733. The molecule has 5 aromatic rings. The molecule has 0 bridgehead atoms. The molecule has 2 aliphatic heterocycles. The number of phenolic OH excluding ortho intramolecular Hbond substituents is 2. The molecule has 5 heterocycles. The number of ether oxygens (including phenoxy) is 3. The number of H-pyrrole nitrogens is 1. The van der Waals surface area contributed by atoms with Crippen molar-refractivity contribution in [1.29, 1.82) is 0 Å². The summed E-state index contributed by atoms with van der Waals surface area (Å²) in [7, 11) is 1.58. The third-order valence-electron chi connectivity index (χ3n) is 9.71. The van der Waals surface area contributed by atoms with E-state index in [1.54, 1.807) is 43.8 Å². The van der Waals surface area contributed by atoms with Gasteiger partial charge in [0.15, 0.2) is 5.78 Å². The molecule has 1 aliphatic carbocycles. The van der Waals surface area contributed by atoms with Gasteiger partial charge in [0.25, 0.3) is 5.56 Å². The average molecular weight is 650 g/mol. The van der Waals surface area contributed by atoms with Gasteiger partial charge in [0.1, 0.15) is 39.8 Å². The first-order valence-electron chi connectivity index (χ1n) is 15.6. The van der Waals surface area contributed by atoms with Crippen molar-refractivity contribution in [2.75, 3.05) is 13.7 Å².